The number of likely N-dealkylation sites (tertiary alicyclic amines) is 1. The van der Waals surface area contributed by atoms with Crippen LogP contribution in [0.5, 0.6) is 0 Å². The number of nitrogens with one attached hydrogen (secondary N) is 1. The zero-order valence-electron chi connectivity index (χ0n) is 14.3. The van der Waals surface area contributed by atoms with Crippen LogP contribution < -0.4 is 5.32 Å². The lowest BCUT2D eigenvalue weighted by molar-refractivity contribution is -0.125. The molecule has 1 fully saturated rings. The van der Waals surface area contributed by atoms with Gasteiger partial charge in [0.05, 0.1) is 11.7 Å². The third-order valence-corrected chi connectivity index (χ3v) is 5.65. The maximum absolute atomic E-state index is 13.9. The number of halogens is 1. The zero-order chi connectivity index (χ0) is 17.9. The summed E-state index contributed by atoms with van der Waals surface area (Å²) in [6, 6.07) is 6.57. The first-order valence-corrected chi connectivity index (χ1v) is 9.61. The molecule has 1 amide bonds. The molecule has 6 nitrogen and oxygen atoms in total. The lowest BCUT2D eigenvalue weighted by Gasteiger charge is -2.23. The van der Waals surface area contributed by atoms with Crippen LogP contribution in [0.2, 0.25) is 0 Å². The average Bonchev–Trinajstić information content (AvgIpc) is 3.35. The van der Waals surface area contributed by atoms with Crippen molar-refractivity contribution < 1.29 is 9.18 Å². The van der Waals surface area contributed by atoms with Gasteiger partial charge in [-0.1, -0.05) is 18.2 Å². The number of hydrogen-bond donors (Lipinski definition) is 1. The van der Waals surface area contributed by atoms with Gasteiger partial charge in [0.15, 0.2) is 0 Å². The van der Waals surface area contributed by atoms with E-state index in [4.69, 9.17) is 0 Å². The molecule has 2 aromatic heterocycles. The lowest BCUT2D eigenvalue weighted by atomic mass is 10.1. The van der Waals surface area contributed by atoms with Crippen LogP contribution in [0, 0.1) is 5.82 Å². The van der Waals surface area contributed by atoms with Crippen LogP contribution in [0.3, 0.4) is 0 Å². The van der Waals surface area contributed by atoms with Crippen molar-refractivity contribution in [3.05, 3.63) is 53.0 Å². The third kappa shape index (κ3) is 3.47. The molecule has 1 aliphatic rings. The van der Waals surface area contributed by atoms with Gasteiger partial charge in [-0.05, 0) is 25.5 Å². The third-order valence-electron chi connectivity index (χ3n) is 4.77. The molecule has 1 N–H and O–H groups in total. The summed E-state index contributed by atoms with van der Waals surface area (Å²) < 4.78 is 15.7. The van der Waals surface area contributed by atoms with Crippen LogP contribution in [-0.4, -0.2) is 44.5 Å². The number of nitrogens with zero attached hydrogens (tertiary/aromatic N) is 4. The number of benzene rings is 1. The minimum Gasteiger partial charge on any atom is -0.354 e. The number of carbonyl (C=O) groups is 1. The molecule has 1 saturated heterocycles. The van der Waals surface area contributed by atoms with Gasteiger partial charge in [0.25, 0.3) is 0 Å². The van der Waals surface area contributed by atoms with Crippen LogP contribution >= 0.6 is 11.3 Å². The molecular weight excluding hydrogens is 353 g/mol. The summed E-state index contributed by atoms with van der Waals surface area (Å²) in [6.45, 7) is 1.83. The fraction of sp³-hybridized carbons (Fsp3) is 0.389. The molecule has 0 radical (unpaired) electrons. The maximum atomic E-state index is 13.9. The Morgan fingerprint density at radius 2 is 2.27 bits per heavy atom. The van der Waals surface area contributed by atoms with Crippen molar-refractivity contribution in [2.24, 2.45) is 0 Å². The Morgan fingerprint density at radius 1 is 1.38 bits per heavy atom. The highest BCUT2D eigenvalue weighted by molar-refractivity contribution is 7.15. The number of fused-ring (bicyclic) bond motifs is 1. The van der Waals surface area contributed by atoms with Gasteiger partial charge in [-0.25, -0.2) is 13.9 Å². The van der Waals surface area contributed by atoms with Gasteiger partial charge in [0, 0.05) is 30.5 Å². The molecule has 26 heavy (non-hydrogen) atoms. The predicted octanol–water partition coefficient (Wildman–Crippen LogP) is 2.25. The van der Waals surface area contributed by atoms with Gasteiger partial charge < -0.3 is 5.32 Å². The van der Waals surface area contributed by atoms with Crippen molar-refractivity contribution in [3.8, 4) is 0 Å². The second-order valence-corrected chi connectivity index (χ2v) is 7.28. The lowest BCUT2D eigenvalue weighted by Crippen LogP contribution is -2.43. The van der Waals surface area contributed by atoms with E-state index < -0.39 is 0 Å². The molecule has 1 atom stereocenters. The highest BCUT2D eigenvalue weighted by Gasteiger charge is 2.30. The Kier molecular flexibility index (Phi) is 4.94. The first-order valence-electron chi connectivity index (χ1n) is 8.73. The first-order chi connectivity index (χ1) is 12.7. The zero-order valence-corrected chi connectivity index (χ0v) is 15.1. The highest BCUT2D eigenvalue weighted by Crippen LogP contribution is 2.21. The molecule has 0 spiro atoms. The Labute approximate surface area is 154 Å². The number of amides is 1. The molecule has 1 aromatic carbocycles. The minimum atomic E-state index is -0.215. The van der Waals surface area contributed by atoms with E-state index in [0.29, 0.717) is 25.1 Å². The maximum Gasteiger partial charge on any atom is 0.237 e. The summed E-state index contributed by atoms with van der Waals surface area (Å²) in [5.74, 6) is -0.197. The van der Waals surface area contributed by atoms with E-state index in [1.165, 1.54) is 12.4 Å². The van der Waals surface area contributed by atoms with Gasteiger partial charge in [-0.3, -0.25) is 9.69 Å². The summed E-state index contributed by atoms with van der Waals surface area (Å²) in [6.07, 6.45) is 4.00. The van der Waals surface area contributed by atoms with E-state index in [0.717, 1.165) is 30.0 Å². The predicted molar refractivity (Wildman–Crippen MR) is 97.4 cm³/mol. The Hall–Kier alpha value is -2.32. The normalized spacial score (nSPS) is 17.8. The van der Waals surface area contributed by atoms with E-state index in [-0.39, 0.29) is 17.8 Å². The fourth-order valence-corrected chi connectivity index (χ4v) is 4.26. The topological polar surface area (TPSA) is 62.5 Å². The Balaban J connectivity index is 1.33. The minimum absolute atomic E-state index is 0.0175. The molecule has 1 aliphatic heterocycles. The average molecular weight is 373 g/mol. The van der Waals surface area contributed by atoms with Crippen LogP contribution in [0.4, 0.5) is 4.39 Å². The van der Waals surface area contributed by atoms with Crippen molar-refractivity contribution in [1.82, 2.24) is 24.8 Å². The number of thiazole rings is 1. The summed E-state index contributed by atoms with van der Waals surface area (Å²) in [7, 11) is 0. The molecule has 0 bridgehead atoms. The highest BCUT2D eigenvalue weighted by atomic mass is 32.1. The largest absolute Gasteiger partial charge is 0.354 e. The van der Waals surface area contributed by atoms with Crippen molar-refractivity contribution in [3.63, 3.8) is 0 Å². The van der Waals surface area contributed by atoms with E-state index in [1.54, 1.807) is 28.0 Å². The van der Waals surface area contributed by atoms with Crippen molar-refractivity contribution in [1.29, 1.82) is 0 Å². The quantitative estimate of drug-likeness (QED) is 0.720. The van der Waals surface area contributed by atoms with E-state index >= 15 is 0 Å². The number of rotatable bonds is 6. The smallest absolute Gasteiger partial charge is 0.237 e. The van der Waals surface area contributed by atoms with Gasteiger partial charge in [0.1, 0.15) is 12.1 Å². The van der Waals surface area contributed by atoms with Crippen LogP contribution in [0.25, 0.3) is 4.96 Å². The number of aromatic nitrogens is 3. The molecule has 1 unspecified atom stereocenters. The molecule has 0 aliphatic carbocycles. The standard InChI is InChI=1S/C18H20FN5OS/c19-15-5-2-1-4-13(15)10-23-9-3-6-16(23)17(25)20-8-7-14-11-26-18-21-12-22-24(14)18/h1-2,4-5,11-12,16H,3,6-10H2,(H,20,25). The summed E-state index contributed by atoms with van der Waals surface area (Å²) in [4.78, 5) is 19.7. The fourth-order valence-electron chi connectivity index (χ4n) is 3.43. The summed E-state index contributed by atoms with van der Waals surface area (Å²) >= 11 is 1.54. The van der Waals surface area contributed by atoms with E-state index in [9.17, 15) is 9.18 Å². The number of carbonyl (C=O) groups excluding carboxylic acids is 1. The molecule has 3 aromatic rings. The SMILES string of the molecule is O=C(NCCc1csc2ncnn12)C1CCCN1Cc1ccccc1F. The van der Waals surface area contributed by atoms with Gasteiger partial charge in [-0.15, -0.1) is 11.3 Å². The number of hydrogen-bond acceptors (Lipinski definition) is 5. The Morgan fingerprint density at radius 3 is 3.15 bits per heavy atom. The van der Waals surface area contributed by atoms with Gasteiger partial charge in [0.2, 0.25) is 10.9 Å². The second kappa shape index (κ2) is 7.51. The van der Waals surface area contributed by atoms with Gasteiger partial charge >= 0.3 is 0 Å². The van der Waals surface area contributed by atoms with Crippen molar-refractivity contribution in [2.45, 2.75) is 31.8 Å². The van der Waals surface area contributed by atoms with Gasteiger partial charge in [-0.2, -0.15) is 5.10 Å². The van der Waals surface area contributed by atoms with Crippen molar-refractivity contribution >= 4 is 22.2 Å². The summed E-state index contributed by atoms with van der Waals surface area (Å²) in [5.41, 5.74) is 1.68. The van der Waals surface area contributed by atoms with E-state index in [1.807, 2.05) is 11.4 Å². The van der Waals surface area contributed by atoms with Crippen molar-refractivity contribution in [2.75, 3.05) is 13.1 Å². The van der Waals surface area contributed by atoms with Crippen LogP contribution in [0.1, 0.15) is 24.1 Å². The molecule has 136 valence electrons. The molecule has 8 heteroatoms. The Bertz CT molecular complexity index is 908. The molecule has 0 saturated carbocycles. The van der Waals surface area contributed by atoms with Crippen LogP contribution in [-0.2, 0) is 17.8 Å². The second-order valence-electron chi connectivity index (χ2n) is 6.44. The summed E-state index contributed by atoms with van der Waals surface area (Å²) in [5, 5.41) is 9.21. The molecule has 4 rings (SSSR count). The molecule has 3 heterocycles. The van der Waals surface area contributed by atoms with Crippen LogP contribution in [0.15, 0.2) is 36.0 Å². The van der Waals surface area contributed by atoms with E-state index in [2.05, 4.69) is 20.3 Å². The monoisotopic (exact) mass is 373 g/mol. The first kappa shape index (κ1) is 17.1. The molecular formula is C18H20FN5OS.